The van der Waals surface area contributed by atoms with Gasteiger partial charge in [-0.15, -0.1) is 0 Å². The third-order valence-corrected chi connectivity index (χ3v) is 21.2. The number of rotatable bonds is 9. The van der Waals surface area contributed by atoms with Crippen LogP contribution in [0.3, 0.4) is 0 Å². The molecule has 0 unspecified atom stereocenters. The van der Waals surface area contributed by atoms with E-state index in [9.17, 15) is 0 Å². The molecule has 0 N–H and O–H groups in total. The van der Waals surface area contributed by atoms with Crippen LogP contribution < -0.4 is 0 Å². The lowest BCUT2D eigenvalue weighted by molar-refractivity contribution is 0.476. The van der Waals surface area contributed by atoms with E-state index in [1.165, 1.54) is 30.2 Å². The summed E-state index contributed by atoms with van der Waals surface area (Å²) in [7, 11) is 14.5. The Labute approximate surface area is 184 Å². The molecule has 0 bridgehead atoms. The third-order valence-electron chi connectivity index (χ3n) is 7.06. The first kappa shape index (κ1) is 33.1. The molecule has 0 aromatic heterocycles. The molecule has 0 rings (SSSR count). The predicted octanol–water partition coefficient (Wildman–Crippen LogP) is 5.53. The van der Waals surface area contributed by atoms with Gasteiger partial charge >= 0.3 is 0 Å². The maximum absolute atomic E-state index is 2.49. The van der Waals surface area contributed by atoms with Gasteiger partial charge in [0.15, 0.2) is 0 Å². The molecule has 0 aliphatic carbocycles. The quantitative estimate of drug-likeness (QED) is 0.428. The average molecular weight is 451 g/mol. The maximum atomic E-state index is 2.49. The van der Waals surface area contributed by atoms with Gasteiger partial charge in [-0.25, -0.2) is 0 Å². The van der Waals surface area contributed by atoms with Crippen molar-refractivity contribution in [2.75, 3.05) is 56.4 Å². The van der Waals surface area contributed by atoms with Gasteiger partial charge in [-0.05, 0) is 86.6 Å². The van der Waals surface area contributed by atoms with Crippen molar-refractivity contribution >= 4 is 24.9 Å². The van der Waals surface area contributed by atoms with Crippen LogP contribution in [-0.4, -0.2) is 99.5 Å². The summed E-state index contributed by atoms with van der Waals surface area (Å²) >= 11 is 0. The monoisotopic (exact) mass is 450 g/mol. The van der Waals surface area contributed by atoms with Crippen LogP contribution in [-0.2, 0) is 0 Å². The van der Waals surface area contributed by atoms with Crippen LogP contribution in [0.1, 0.15) is 34.6 Å². The molecular weight excluding hydrogens is 393 g/mol. The van der Waals surface area contributed by atoms with Crippen LogP contribution in [0.5, 0.6) is 0 Å². The summed E-state index contributed by atoms with van der Waals surface area (Å²) in [4.78, 5) is 0. The largest absolute Gasteiger partial charge is 0.329 e. The van der Waals surface area contributed by atoms with E-state index < -0.39 is 24.9 Å². The van der Waals surface area contributed by atoms with Crippen molar-refractivity contribution in [2.24, 2.45) is 0 Å². The molecule has 0 heterocycles. The summed E-state index contributed by atoms with van der Waals surface area (Å²) < 4.78 is 9.69. The Morgan fingerprint density at radius 1 is 0.429 bits per heavy atom. The van der Waals surface area contributed by atoms with Gasteiger partial charge < -0.3 is 18.3 Å². The summed E-state index contributed by atoms with van der Waals surface area (Å²) in [6.45, 7) is 18.6. The zero-order valence-corrected chi connectivity index (χ0v) is 25.8. The highest BCUT2D eigenvalue weighted by Crippen LogP contribution is 2.21. The van der Waals surface area contributed by atoms with Gasteiger partial charge in [0.05, 0.1) is 0 Å². The molecule has 0 aliphatic heterocycles. The Hall–Kier alpha value is 0.491. The molecule has 0 fully saturated rings. The van der Waals surface area contributed by atoms with Crippen LogP contribution in [0.4, 0.5) is 0 Å². The second kappa shape index (κ2) is 15.3. The van der Waals surface area contributed by atoms with E-state index in [1.54, 1.807) is 0 Å². The van der Waals surface area contributed by atoms with Gasteiger partial charge in [-0.1, -0.05) is 54.3 Å². The lowest BCUT2D eigenvalue weighted by atomic mass is 10.9. The zero-order chi connectivity index (χ0) is 23.3. The third kappa shape index (κ3) is 11.0. The van der Waals surface area contributed by atoms with Gasteiger partial charge in [-0.2, -0.15) is 0 Å². The first-order valence-corrected chi connectivity index (χ1v) is 19.6. The SMILES string of the molecule is CC[Si](CC)(CC)N(C)C.CC[Si](CC)(N(C)C)N(C)C.CN(C)[Si](C)(C)C. The Morgan fingerprint density at radius 3 is 0.679 bits per heavy atom. The average Bonchev–Trinajstić information content (AvgIpc) is 2.58. The second-order valence-electron chi connectivity index (χ2n) is 9.72. The minimum absolute atomic E-state index is 0.901. The van der Waals surface area contributed by atoms with E-state index >= 15 is 0 Å². The van der Waals surface area contributed by atoms with Gasteiger partial charge in [0.25, 0.3) is 0 Å². The summed E-state index contributed by atoms with van der Waals surface area (Å²) in [5.41, 5.74) is 0. The lowest BCUT2D eigenvalue weighted by Crippen LogP contribution is -2.59. The van der Waals surface area contributed by atoms with E-state index in [0.29, 0.717) is 0 Å². The van der Waals surface area contributed by atoms with Crippen LogP contribution in [0, 0.1) is 0 Å². The van der Waals surface area contributed by atoms with E-state index in [2.05, 4.69) is 129 Å². The van der Waals surface area contributed by atoms with Crippen molar-refractivity contribution in [1.82, 2.24) is 18.3 Å². The molecule has 0 radical (unpaired) electrons. The molecule has 0 atom stereocenters. The zero-order valence-electron chi connectivity index (χ0n) is 22.8. The topological polar surface area (TPSA) is 13.0 Å². The van der Waals surface area contributed by atoms with E-state index in [-0.39, 0.29) is 0 Å². The summed E-state index contributed by atoms with van der Waals surface area (Å²) in [5, 5.41) is 0. The Kier molecular flexibility index (Phi) is 18.1. The molecule has 0 aliphatic rings. The minimum Gasteiger partial charge on any atom is -0.329 e. The number of hydrogen-bond acceptors (Lipinski definition) is 4. The fourth-order valence-corrected chi connectivity index (χ4v) is 10.8. The van der Waals surface area contributed by atoms with Crippen LogP contribution in [0.15, 0.2) is 0 Å². The van der Waals surface area contributed by atoms with Gasteiger partial charge in [-0.3, -0.25) is 0 Å². The molecule has 0 saturated heterocycles. The maximum Gasteiger partial charge on any atom is 0.205 e. The molecular formula is C21H58N4Si3. The molecule has 0 saturated carbocycles. The van der Waals surface area contributed by atoms with Gasteiger partial charge in [0.1, 0.15) is 16.5 Å². The van der Waals surface area contributed by atoms with E-state index in [0.717, 1.165) is 0 Å². The molecule has 0 amide bonds. The van der Waals surface area contributed by atoms with Crippen molar-refractivity contribution in [3.8, 4) is 0 Å². The van der Waals surface area contributed by atoms with Crippen molar-refractivity contribution in [2.45, 2.75) is 84.5 Å². The first-order chi connectivity index (χ1) is 12.6. The second-order valence-corrected chi connectivity index (χ2v) is 25.6. The minimum atomic E-state index is -1.23. The number of hydrogen-bond donors (Lipinski definition) is 0. The van der Waals surface area contributed by atoms with Gasteiger partial charge in [0.2, 0.25) is 8.40 Å². The van der Waals surface area contributed by atoms with Crippen molar-refractivity contribution in [3.05, 3.63) is 0 Å². The highest BCUT2D eigenvalue weighted by atomic mass is 28.4. The smallest absolute Gasteiger partial charge is 0.205 e. The van der Waals surface area contributed by atoms with E-state index in [1.807, 2.05) is 0 Å². The van der Waals surface area contributed by atoms with Crippen LogP contribution >= 0.6 is 0 Å². The van der Waals surface area contributed by atoms with Crippen molar-refractivity contribution in [3.63, 3.8) is 0 Å². The fraction of sp³-hybridized carbons (Fsp3) is 1.00. The Balaban J connectivity index is -0.000000343. The number of nitrogens with zero attached hydrogens (tertiary/aromatic N) is 4. The first-order valence-electron chi connectivity index (χ1n) is 11.3. The molecule has 28 heavy (non-hydrogen) atoms. The molecule has 0 aromatic carbocycles. The highest BCUT2D eigenvalue weighted by molar-refractivity contribution is 6.77. The van der Waals surface area contributed by atoms with Crippen molar-refractivity contribution < 1.29 is 0 Å². The molecule has 0 aromatic rings. The Morgan fingerprint density at radius 2 is 0.679 bits per heavy atom. The van der Waals surface area contributed by atoms with Crippen molar-refractivity contribution in [1.29, 1.82) is 0 Å². The lowest BCUT2D eigenvalue weighted by Gasteiger charge is -2.41. The molecule has 174 valence electrons. The van der Waals surface area contributed by atoms with Gasteiger partial charge in [0, 0.05) is 0 Å². The van der Waals surface area contributed by atoms with Crippen LogP contribution in [0.2, 0.25) is 49.9 Å². The predicted molar refractivity (Wildman–Crippen MR) is 142 cm³/mol. The fourth-order valence-electron chi connectivity index (χ4n) is 3.61. The molecule has 4 nitrogen and oxygen atoms in total. The Bertz CT molecular complexity index is 341. The van der Waals surface area contributed by atoms with Crippen LogP contribution in [0.25, 0.3) is 0 Å². The molecule has 7 heteroatoms. The standard InChI is InChI=1S/C8H22N2Si.C8H21NSi.C5H15NSi/c1-7-11(8-2,9(3)4)10(5)6;1-6-10(7-2,8-3)9(4)5;1-6(2)7(3,4)5/h7-8H2,1-6H3;6-8H2,1-5H3;1-5H3. The van der Waals surface area contributed by atoms with E-state index in [4.69, 9.17) is 0 Å². The summed E-state index contributed by atoms with van der Waals surface area (Å²) in [5.74, 6) is 0. The summed E-state index contributed by atoms with van der Waals surface area (Å²) in [6.07, 6.45) is 0. The highest BCUT2D eigenvalue weighted by Gasteiger charge is 2.34. The normalized spacial score (nSPS) is 12.9. The summed E-state index contributed by atoms with van der Waals surface area (Å²) in [6, 6.07) is 6.81. The molecule has 0 spiro atoms.